The molecular weight excluding hydrogens is 316 g/mol. The predicted octanol–water partition coefficient (Wildman–Crippen LogP) is 3.47. The van der Waals surface area contributed by atoms with Gasteiger partial charge < -0.3 is 29.2 Å². The average molecular weight is 342 g/mol. The van der Waals surface area contributed by atoms with Gasteiger partial charge in [0.1, 0.15) is 0 Å². The molecule has 0 radical (unpaired) electrons. The summed E-state index contributed by atoms with van der Waals surface area (Å²) in [6.45, 7) is 6.73. The van der Waals surface area contributed by atoms with Gasteiger partial charge in [-0.05, 0) is 19.3 Å². The first kappa shape index (κ1) is 19.7. The molecule has 2 N–H and O–H groups in total. The van der Waals surface area contributed by atoms with E-state index in [9.17, 15) is 15.0 Å². The molecule has 0 saturated heterocycles. The second-order valence-electron chi connectivity index (χ2n) is 5.09. The van der Waals surface area contributed by atoms with Gasteiger partial charge in [0.05, 0.1) is 26.9 Å². The molecule has 1 aromatic carbocycles. The normalized spacial score (nSPS) is 10.3. The Hall–Kier alpha value is -2.31. The van der Waals surface area contributed by atoms with E-state index in [1.807, 2.05) is 20.8 Å². The fourth-order valence-electron chi connectivity index (χ4n) is 2.05. The van der Waals surface area contributed by atoms with Gasteiger partial charge in [0.25, 0.3) is 0 Å². The number of rotatable bonds is 11. The van der Waals surface area contributed by atoms with Crippen LogP contribution in [-0.4, -0.2) is 43.1 Å². The van der Waals surface area contributed by atoms with Crippen molar-refractivity contribution in [3.63, 3.8) is 0 Å². The monoisotopic (exact) mass is 342 g/mol. The number of hydrogen-bond acceptors (Lipinski definition) is 6. The van der Waals surface area contributed by atoms with Crippen LogP contribution in [0, 0.1) is 0 Å². The smallest absolute Gasteiger partial charge is 0.343 e. The third-order valence-electron chi connectivity index (χ3n) is 3.07. The highest BCUT2D eigenvalue weighted by atomic mass is 16.6. The maximum atomic E-state index is 11.6. The molecular formula is C17H26O7. The minimum absolute atomic E-state index is 0.0396. The Balaban J connectivity index is 3.63. The van der Waals surface area contributed by atoms with Crippen molar-refractivity contribution in [2.24, 2.45) is 0 Å². The predicted molar refractivity (Wildman–Crippen MR) is 89.0 cm³/mol. The summed E-state index contributed by atoms with van der Waals surface area (Å²) in [5.41, 5.74) is -0.393. The van der Waals surface area contributed by atoms with Gasteiger partial charge in [0.2, 0.25) is 17.2 Å². The molecule has 0 unspecified atom stereocenters. The Labute approximate surface area is 142 Å². The van der Waals surface area contributed by atoms with Crippen LogP contribution < -0.4 is 18.9 Å². The third-order valence-corrected chi connectivity index (χ3v) is 3.07. The van der Waals surface area contributed by atoms with Crippen LogP contribution in [0.5, 0.6) is 28.7 Å². The molecule has 24 heavy (non-hydrogen) atoms. The zero-order valence-electron chi connectivity index (χ0n) is 14.7. The van der Waals surface area contributed by atoms with Gasteiger partial charge in [-0.2, -0.15) is 0 Å². The van der Waals surface area contributed by atoms with Gasteiger partial charge in [-0.15, -0.1) is 0 Å². The van der Waals surface area contributed by atoms with Gasteiger partial charge in [-0.3, -0.25) is 0 Å². The van der Waals surface area contributed by atoms with Crippen molar-refractivity contribution in [3.05, 3.63) is 5.56 Å². The molecule has 0 bridgehead atoms. The summed E-state index contributed by atoms with van der Waals surface area (Å²) in [6, 6.07) is 0. The molecule has 1 aromatic rings. The highest BCUT2D eigenvalue weighted by molar-refractivity contribution is 5.97. The number of phenols is 1. The number of ether oxygens (including phenoxy) is 4. The molecule has 0 aliphatic heterocycles. The van der Waals surface area contributed by atoms with Crippen molar-refractivity contribution in [1.29, 1.82) is 0 Å². The molecule has 136 valence electrons. The van der Waals surface area contributed by atoms with Crippen molar-refractivity contribution >= 4 is 5.97 Å². The number of aromatic carboxylic acids is 1. The molecule has 7 heteroatoms. The first-order valence-corrected chi connectivity index (χ1v) is 8.11. The summed E-state index contributed by atoms with van der Waals surface area (Å²) < 4.78 is 22.1. The summed E-state index contributed by atoms with van der Waals surface area (Å²) in [5, 5.41) is 19.8. The number of aromatic hydroxyl groups is 1. The second-order valence-corrected chi connectivity index (χ2v) is 5.09. The number of carboxylic acids is 1. The molecule has 0 aliphatic rings. The standard InChI is InChI=1S/C17H26O7/c1-5-8-22-13-11(17(19)20)12(18)14(21-4)16(24-10-7-3)15(13)23-9-6-2/h18H,5-10H2,1-4H3,(H,19,20). The van der Waals surface area contributed by atoms with Gasteiger partial charge in [0, 0.05) is 0 Å². The Morgan fingerprint density at radius 1 is 0.833 bits per heavy atom. The minimum Gasteiger partial charge on any atom is -0.503 e. The lowest BCUT2D eigenvalue weighted by molar-refractivity contribution is 0.0686. The molecule has 0 aromatic heterocycles. The molecule has 0 saturated carbocycles. The molecule has 1 rings (SSSR count). The summed E-state index contributed by atoms with van der Waals surface area (Å²) in [4.78, 5) is 11.6. The van der Waals surface area contributed by atoms with Crippen LogP contribution in [-0.2, 0) is 0 Å². The summed E-state index contributed by atoms with van der Waals surface area (Å²) in [6.07, 6.45) is 2.11. The van der Waals surface area contributed by atoms with Crippen molar-refractivity contribution in [3.8, 4) is 28.7 Å². The fraction of sp³-hybridized carbons (Fsp3) is 0.588. The Kier molecular flexibility index (Phi) is 8.01. The topological polar surface area (TPSA) is 94.5 Å². The maximum absolute atomic E-state index is 11.6. The first-order valence-electron chi connectivity index (χ1n) is 8.11. The lowest BCUT2D eigenvalue weighted by Gasteiger charge is -2.21. The van der Waals surface area contributed by atoms with E-state index in [0.29, 0.717) is 26.1 Å². The molecule has 0 amide bonds. The van der Waals surface area contributed by atoms with Crippen LogP contribution in [0.2, 0.25) is 0 Å². The van der Waals surface area contributed by atoms with E-state index in [1.54, 1.807) is 0 Å². The number of carbonyl (C=O) groups is 1. The van der Waals surface area contributed by atoms with Gasteiger partial charge >= 0.3 is 5.97 Å². The number of carboxylic acid groups (broad SMARTS) is 1. The van der Waals surface area contributed by atoms with E-state index < -0.39 is 17.3 Å². The number of benzene rings is 1. The van der Waals surface area contributed by atoms with Crippen LogP contribution in [0.3, 0.4) is 0 Å². The third kappa shape index (κ3) is 4.37. The molecule has 0 aliphatic carbocycles. The van der Waals surface area contributed by atoms with Crippen LogP contribution in [0.1, 0.15) is 50.4 Å². The SMILES string of the molecule is CCCOc1c(OC)c(O)c(C(=O)O)c(OCCC)c1OCCC. The maximum Gasteiger partial charge on any atom is 0.343 e. The Bertz CT molecular complexity index is 555. The number of hydrogen-bond donors (Lipinski definition) is 2. The molecule has 0 fully saturated rings. The van der Waals surface area contributed by atoms with Crippen LogP contribution in [0.25, 0.3) is 0 Å². The second kappa shape index (κ2) is 9.75. The Morgan fingerprint density at radius 3 is 1.62 bits per heavy atom. The first-order chi connectivity index (χ1) is 11.5. The summed E-state index contributed by atoms with van der Waals surface area (Å²) >= 11 is 0. The quantitative estimate of drug-likeness (QED) is 0.636. The minimum atomic E-state index is -1.33. The summed E-state index contributed by atoms with van der Waals surface area (Å²) in [7, 11) is 1.33. The van der Waals surface area contributed by atoms with Gasteiger partial charge in [-0.1, -0.05) is 20.8 Å². The zero-order valence-corrected chi connectivity index (χ0v) is 14.7. The molecule has 0 atom stereocenters. The van der Waals surface area contributed by atoms with Gasteiger partial charge in [0.15, 0.2) is 17.1 Å². The largest absolute Gasteiger partial charge is 0.503 e. The van der Waals surface area contributed by atoms with Crippen molar-refractivity contribution < 1.29 is 34.0 Å². The van der Waals surface area contributed by atoms with E-state index >= 15 is 0 Å². The number of methoxy groups -OCH3 is 1. The van der Waals surface area contributed by atoms with Crippen LogP contribution in [0.15, 0.2) is 0 Å². The molecule has 0 heterocycles. The van der Waals surface area contributed by atoms with E-state index in [4.69, 9.17) is 18.9 Å². The lowest BCUT2D eigenvalue weighted by Crippen LogP contribution is -2.11. The fourth-order valence-corrected chi connectivity index (χ4v) is 2.05. The Morgan fingerprint density at radius 2 is 1.25 bits per heavy atom. The summed E-state index contributed by atoms with van der Waals surface area (Å²) in [5.74, 6) is -1.68. The average Bonchev–Trinajstić information content (AvgIpc) is 2.56. The highest BCUT2D eigenvalue weighted by Crippen LogP contribution is 2.53. The zero-order chi connectivity index (χ0) is 18.1. The van der Waals surface area contributed by atoms with E-state index in [1.165, 1.54) is 7.11 Å². The van der Waals surface area contributed by atoms with Crippen molar-refractivity contribution in [2.45, 2.75) is 40.0 Å². The molecule has 0 spiro atoms. The van der Waals surface area contributed by atoms with E-state index in [2.05, 4.69) is 0 Å². The van der Waals surface area contributed by atoms with E-state index in [-0.39, 0.29) is 29.6 Å². The van der Waals surface area contributed by atoms with Crippen molar-refractivity contribution in [1.82, 2.24) is 0 Å². The van der Waals surface area contributed by atoms with Crippen molar-refractivity contribution in [2.75, 3.05) is 26.9 Å². The lowest BCUT2D eigenvalue weighted by atomic mass is 10.1. The van der Waals surface area contributed by atoms with Crippen LogP contribution >= 0.6 is 0 Å². The van der Waals surface area contributed by atoms with Gasteiger partial charge in [-0.25, -0.2) is 4.79 Å². The molecule has 7 nitrogen and oxygen atoms in total. The van der Waals surface area contributed by atoms with Crippen LogP contribution in [0.4, 0.5) is 0 Å². The van der Waals surface area contributed by atoms with E-state index in [0.717, 1.165) is 6.42 Å². The highest BCUT2D eigenvalue weighted by Gasteiger charge is 2.32.